The van der Waals surface area contributed by atoms with Gasteiger partial charge >= 0.3 is 12.2 Å². The van der Waals surface area contributed by atoms with E-state index in [0.717, 1.165) is 18.4 Å². The summed E-state index contributed by atoms with van der Waals surface area (Å²) < 4.78 is 28.7. The third-order valence-corrected chi connectivity index (χ3v) is 7.92. The predicted molar refractivity (Wildman–Crippen MR) is 177 cm³/mol. The molecule has 11 nitrogen and oxygen atoms in total. The lowest BCUT2D eigenvalue weighted by atomic mass is 10.1. The number of anilines is 2. The monoisotopic (exact) mass is 643 g/mol. The number of ether oxygens (including phenoxy) is 2. The van der Waals surface area contributed by atoms with Gasteiger partial charge in [0.25, 0.3) is 0 Å². The molecule has 248 valence electrons. The normalized spacial score (nSPS) is 16.7. The smallest absolute Gasteiger partial charge is 0.416 e. The molecule has 1 aliphatic heterocycles. The average molecular weight is 644 g/mol. The highest BCUT2D eigenvalue weighted by Gasteiger charge is 2.33. The Hall–Kier alpha value is -4.74. The Balaban J connectivity index is 1.35. The summed E-state index contributed by atoms with van der Waals surface area (Å²) in [4.78, 5) is 38.9. The second-order valence-corrected chi connectivity index (χ2v) is 14.3. The second-order valence-electron chi connectivity index (χ2n) is 14.3. The fourth-order valence-corrected chi connectivity index (χ4v) is 5.59. The lowest BCUT2D eigenvalue weighted by Crippen LogP contribution is -2.38. The van der Waals surface area contributed by atoms with Crippen molar-refractivity contribution in [2.75, 3.05) is 23.3 Å². The van der Waals surface area contributed by atoms with E-state index >= 15 is 4.39 Å². The summed E-state index contributed by atoms with van der Waals surface area (Å²) in [6.45, 7) is 11.8. The third kappa shape index (κ3) is 7.64. The number of carbonyl (C=O) groups excluding carboxylic acids is 2. The minimum absolute atomic E-state index is 0.0934. The Morgan fingerprint density at radius 2 is 1.79 bits per heavy atom. The minimum atomic E-state index is -0.803. The molecule has 1 saturated carbocycles. The van der Waals surface area contributed by atoms with Gasteiger partial charge in [0.1, 0.15) is 28.7 Å². The van der Waals surface area contributed by atoms with Crippen LogP contribution in [0.3, 0.4) is 0 Å². The lowest BCUT2D eigenvalue weighted by molar-refractivity contribution is 0.0293. The molecule has 0 bridgehead atoms. The molecule has 2 fully saturated rings. The largest absolute Gasteiger partial charge is 0.444 e. The molecule has 2 aliphatic rings. The molecule has 0 radical (unpaired) electrons. The number of benzene rings is 1. The Morgan fingerprint density at radius 1 is 1.02 bits per heavy atom. The molecule has 1 aromatic carbocycles. The quantitative estimate of drug-likeness (QED) is 0.226. The predicted octanol–water partition coefficient (Wildman–Crippen LogP) is 7.17. The molecule has 0 spiro atoms. The molecular formula is C35H42FN7O4. The van der Waals surface area contributed by atoms with Gasteiger partial charge in [-0.2, -0.15) is 9.61 Å². The molecule has 3 aromatic heterocycles. The number of rotatable bonds is 7. The molecule has 4 heterocycles. The molecule has 0 unspecified atom stereocenters. The Labute approximate surface area is 274 Å². The average Bonchev–Trinajstić information content (AvgIpc) is 3.57. The van der Waals surface area contributed by atoms with Gasteiger partial charge in [0.05, 0.1) is 18.4 Å². The first kappa shape index (κ1) is 32.2. The van der Waals surface area contributed by atoms with Crippen LogP contribution in [0.2, 0.25) is 0 Å². The number of fused-ring (bicyclic) bond motifs is 1. The first-order valence-electron chi connectivity index (χ1n) is 16.1. The standard InChI is InChI=1S/C35H42FN7O4/c1-34(2,3)46-32(44)41-16-14-25(21-41)39-29-18-30(43-31(40-29)26(19-38-43)22-10-11-22)42(33(45)47-35(4,5)6)20-24-13-12-23(17-27(24)36)28-9-7-8-15-37-28/h7-9,12-13,15,17-19,22,25H,10-11,14,16,20-21H2,1-6H3,(H,39,40)/t25-/m0/s1. The van der Waals surface area contributed by atoms with E-state index in [2.05, 4.69) is 15.4 Å². The van der Waals surface area contributed by atoms with E-state index in [-0.39, 0.29) is 18.7 Å². The zero-order valence-corrected chi connectivity index (χ0v) is 27.8. The lowest BCUT2D eigenvalue weighted by Gasteiger charge is -2.28. The van der Waals surface area contributed by atoms with Gasteiger partial charge < -0.3 is 19.7 Å². The summed E-state index contributed by atoms with van der Waals surface area (Å²) in [6.07, 6.45) is 5.21. The van der Waals surface area contributed by atoms with Gasteiger partial charge in [0.15, 0.2) is 5.65 Å². The Morgan fingerprint density at radius 3 is 2.45 bits per heavy atom. The molecule has 1 aliphatic carbocycles. The number of nitrogens with zero attached hydrogens (tertiary/aromatic N) is 6. The zero-order valence-electron chi connectivity index (χ0n) is 27.8. The topological polar surface area (TPSA) is 114 Å². The maximum Gasteiger partial charge on any atom is 0.416 e. The Bertz CT molecular complexity index is 1780. The number of aromatic nitrogens is 4. The number of likely N-dealkylation sites (tertiary alicyclic amines) is 1. The van der Waals surface area contributed by atoms with Gasteiger partial charge in [-0.1, -0.05) is 18.2 Å². The summed E-state index contributed by atoms with van der Waals surface area (Å²) in [5.41, 5.74) is 1.80. The number of amides is 2. The van der Waals surface area contributed by atoms with Crippen molar-refractivity contribution in [2.24, 2.45) is 0 Å². The third-order valence-electron chi connectivity index (χ3n) is 7.92. The fourth-order valence-electron chi connectivity index (χ4n) is 5.59. The SMILES string of the molecule is CC(C)(C)OC(=O)N1CC[C@H](Nc2cc(N(Cc3ccc(-c4ccccn4)cc3F)C(=O)OC(C)(C)C)n3ncc(C4CC4)c3n2)C1. The van der Waals surface area contributed by atoms with Crippen LogP contribution in [0.15, 0.2) is 54.9 Å². The first-order valence-corrected chi connectivity index (χ1v) is 16.1. The summed E-state index contributed by atoms with van der Waals surface area (Å²) in [7, 11) is 0. The van der Waals surface area contributed by atoms with E-state index in [9.17, 15) is 9.59 Å². The molecule has 12 heteroatoms. The van der Waals surface area contributed by atoms with Crippen LogP contribution in [-0.4, -0.2) is 67.0 Å². The van der Waals surface area contributed by atoms with Crippen LogP contribution < -0.4 is 10.2 Å². The van der Waals surface area contributed by atoms with Gasteiger partial charge in [-0.3, -0.25) is 9.88 Å². The van der Waals surface area contributed by atoms with Crippen molar-refractivity contribution in [1.82, 2.24) is 24.5 Å². The van der Waals surface area contributed by atoms with Gasteiger partial charge in [-0.25, -0.2) is 19.0 Å². The van der Waals surface area contributed by atoms with Crippen molar-refractivity contribution >= 4 is 29.5 Å². The zero-order chi connectivity index (χ0) is 33.5. The summed E-state index contributed by atoms with van der Waals surface area (Å²) in [5.74, 6) is 0.765. The number of hydrogen-bond donors (Lipinski definition) is 1. The first-order chi connectivity index (χ1) is 22.2. The van der Waals surface area contributed by atoms with Crippen LogP contribution in [0, 0.1) is 5.82 Å². The van der Waals surface area contributed by atoms with Gasteiger partial charge in [0.2, 0.25) is 0 Å². The molecule has 2 amide bonds. The Kier molecular flexibility index (Phi) is 8.54. The van der Waals surface area contributed by atoms with Crippen molar-refractivity contribution in [3.05, 3.63) is 71.8 Å². The van der Waals surface area contributed by atoms with E-state index in [1.54, 1.807) is 66.8 Å². The summed E-state index contributed by atoms with van der Waals surface area (Å²) in [5, 5.41) is 8.12. The molecule has 1 saturated heterocycles. The fraction of sp³-hybridized carbons (Fsp3) is 0.457. The van der Waals surface area contributed by atoms with Gasteiger partial charge in [-0.05, 0) is 84.9 Å². The van der Waals surface area contributed by atoms with Crippen LogP contribution in [0.5, 0.6) is 0 Å². The second kappa shape index (κ2) is 12.5. The van der Waals surface area contributed by atoms with Crippen LogP contribution in [0.1, 0.15) is 77.8 Å². The van der Waals surface area contributed by atoms with Crippen LogP contribution >= 0.6 is 0 Å². The maximum atomic E-state index is 15.7. The number of carbonyl (C=O) groups is 2. The number of pyridine rings is 1. The highest BCUT2D eigenvalue weighted by molar-refractivity contribution is 5.88. The molecule has 47 heavy (non-hydrogen) atoms. The van der Waals surface area contributed by atoms with Crippen molar-refractivity contribution in [2.45, 2.75) is 90.5 Å². The van der Waals surface area contributed by atoms with E-state index in [1.807, 2.05) is 32.9 Å². The number of hydrogen-bond acceptors (Lipinski definition) is 8. The van der Waals surface area contributed by atoms with E-state index in [0.29, 0.717) is 59.5 Å². The minimum Gasteiger partial charge on any atom is -0.444 e. The molecule has 6 rings (SSSR count). The van der Waals surface area contributed by atoms with Crippen LogP contribution in [-0.2, 0) is 16.0 Å². The highest BCUT2D eigenvalue weighted by Crippen LogP contribution is 2.42. The van der Waals surface area contributed by atoms with Gasteiger partial charge in [-0.15, -0.1) is 0 Å². The number of nitrogens with one attached hydrogen (secondary N) is 1. The summed E-state index contributed by atoms with van der Waals surface area (Å²) >= 11 is 0. The molecular weight excluding hydrogens is 601 g/mol. The van der Waals surface area contributed by atoms with E-state index in [4.69, 9.17) is 14.5 Å². The van der Waals surface area contributed by atoms with Crippen molar-refractivity contribution in [3.63, 3.8) is 0 Å². The molecule has 4 aromatic rings. The summed E-state index contributed by atoms with van der Waals surface area (Å²) in [6, 6.07) is 12.0. The molecule has 1 atom stereocenters. The van der Waals surface area contributed by atoms with E-state index < -0.39 is 23.1 Å². The number of halogens is 1. The van der Waals surface area contributed by atoms with Crippen molar-refractivity contribution in [3.8, 4) is 11.3 Å². The van der Waals surface area contributed by atoms with Gasteiger partial charge in [0, 0.05) is 48.1 Å². The van der Waals surface area contributed by atoms with Crippen LogP contribution in [0.4, 0.5) is 25.6 Å². The van der Waals surface area contributed by atoms with Crippen LogP contribution in [0.25, 0.3) is 16.9 Å². The highest BCUT2D eigenvalue weighted by atomic mass is 19.1. The van der Waals surface area contributed by atoms with Crippen molar-refractivity contribution < 1.29 is 23.5 Å². The maximum absolute atomic E-state index is 15.7. The molecule has 1 N–H and O–H groups in total. The van der Waals surface area contributed by atoms with E-state index in [1.165, 1.54) is 11.0 Å². The van der Waals surface area contributed by atoms with Crippen molar-refractivity contribution in [1.29, 1.82) is 0 Å².